The minimum atomic E-state index is -0.405. The molecule has 2 aromatic carbocycles. The monoisotopic (exact) mass is 452 g/mol. The first-order valence-electron chi connectivity index (χ1n) is 12.1. The number of likely N-dealkylation sites (tertiary alicyclic amines) is 1. The van der Waals surface area contributed by atoms with Crippen molar-refractivity contribution in [2.45, 2.75) is 43.1 Å². The van der Waals surface area contributed by atoms with Crippen LogP contribution in [0.3, 0.4) is 0 Å². The second kappa shape index (κ2) is 9.34. The van der Waals surface area contributed by atoms with Gasteiger partial charge in [-0.2, -0.15) is 0 Å². The van der Waals surface area contributed by atoms with Crippen LogP contribution in [0.25, 0.3) is 0 Å². The molecule has 3 aliphatic heterocycles. The summed E-state index contributed by atoms with van der Waals surface area (Å²) in [6.07, 6.45) is 2.92. The number of carbonyl (C=O) groups excluding carboxylic acids is 1. The fraction of sp³-hybridized carbons (Fsp3) is 0.519. The zero-order valence-electron chi connectivity index (χ0n) is 19.3. The fourth-order valence-corrected chi connectivity index (χ4v) is 6.28. The van der Waals surface area contributed by atoms with E-state index in [1.807, 2.05) is 23.1 Å². The van der Waals surface area contributed by atoms with E-state index in [0.717, 1.165) is 37.1 Å². The Labute approximate surface area is 195 Å². The van der Waals surface area contributed by atoms with Gasteiger partial charge in [0.05, 0.1) is 26.3 Å². The van der Waals surface area contributed by atoms with Crippen molar-refractivity contribution in [2.75, 3.05) is 40.0 Å². The van der Waals surface area contributed by atoms with Crippen molar-refractivity contribution in [2.24, 2.45) is 5.92 Å². The molecule has 6 heteroatoms. The summed E-state index contributed by atoms with van der Waals surface area (Å²) < 4.78 is 25.1. The Bertz CT molecular complexity index is 985. The van der Waals surface area contributed by atoms with Crippen LogP contribution in [0.5, 0.6) is 11.5 Å². The quantitative estimate of drug-likeness (QED) is 0.743. The molecular weight excluding hydrogens is 419 g/mol. The van der Waals surface area contributed by atoms with Crippen molar-refractivity contribution in [1.82, 2.24) is 10.2 Å². The summed E-state index contributed by atoms with van der Waals surface area (Å²) in [5, 5.41) is 3.49. The molecule has 5 rings (SSSR count). The van der Waals surface area contributed by atoms with E-state index < -0.39 is 6.67 Å². The van der Waals surface area contributed by atoms with Crippen LogP contribution in [0, 0.1) is 5.92 Å². The number of nitrogens with zero attached hydrogens (tertiary/aromatic N) is 1. The van der Waals surface area contributed by atoms with Crippen LogP contribution in [-0.4, -0.2) is 56.9 Å². The van der Waals surface area contributed by atoms with Crippen LogP contribution in [0.1, 0.15) is 42.7 Å². The van der Waals surface area contributed by atoms with Crippen LogP contribution in [0.2, 0.25) is 0 Å². The highest BCUT2D eigenvalue weighted by Gasteiger charge is 2.53. The van der Waals surface area contributed by atoms with Gasteiger partial charge in [-0.15, -0.1) is 0 Å². The highest BCUT2D eigenvalue weighted by atomic mass is 19.1. The first-order valence-corrected chi connectivity index (χ1v) is 12.1. The molecule has 5 nitrogen and oxygen atoms in total. The summed E-state index contributed by atoms with van der Waals surface area (Å²) in [6.45, 7) is 2.20. The van der Waals surface area contributed by atoms with E-state index in [1.165, 1.54) is 5.56 Å². The molecule has 0 radical (unpaired) electrons. The molecule has 0 bridgehead atoms. The molecule has 0 saturated carbocycles. The number of alkyl halides is 1. The van der Waals surface area contributed by atoms with Crippen LogP contribution in [0.15, 0.2) is 48.5 Å². The maximum Gasteiger partial charge on any atom is 0.228 e. The summed E-state index contributed by atoms with van der Waals surface area (Å²) in [4.78, 5) is 16.1. The number of ether oxygens (including phenoxy) is 2. The van der Waals surface area contributed by atoms with E-state index in [-0.39, 0.29) is 23.3 Å². The van der Waals surface area contributed by atoms with E-state index in [1.54, 1.807) is 7.11 Å². The molecule has 1 unspecified atom stereocenters. The molecule has 2 aromatic rings. The number of hydrogen-bond acceptors (Lipinski definition) is 4. The van der Waals surface area contributed by atoms with Crippen molar-refractivity contribution in [1.29, 1.82) is 0 Å². The van der Waals surface area contributed by atoms with E-state index in [2.05, 4.69) is 35.6 Å². The first kappa shape index (κ1) is 22.2. The number of amides is 1. The number of nitrogens with one attached hydrogen (secondary N) is 1. The van der Waals surface area contributed by atoms with Gasteiger partial charge in [0.2, 0.25) is 5.91 Å². The molecule has 3 aliphatic rings. The number of hydrogen-bond donors (Lipinski definition) is 1. The van der Waals surface area contributed by atoms with Crippen LogP contribution >= 0.6 is 0 Å². The minimum Gasteiger partial charge on any atom is -0.493 e. The van der Waals surface area contributed by atoms with E-state index in [0.29, 0.717) is 37.8 Å². The molecule has 2 saturated heterocycles. The predicted octanol–water partition coefficient (Wildman–Crippen LogP) is 4.07. The smallest absolute Gasteiger partial charge is 0.228 e. The Morgan fingerprint density at radius 1 is 1.24 bits per heavy atom. The second-order valence-corrected chi connectivity index (χ2v) is 9.57. The topological polar surface area (TPSA) is 50.8 Å². The van der Waals surface area contributed by atoms with Crippen LogP contribution < -0.4 is 14.8 Å². The molecule has 1 amide bonds. The number of methoxy groups -OCH3 is 1. The minimum absolute atomic E-state index is 0.0660. The van der Waals surface area contributed by atoms with Crippen molar-refractivity contribution in [3.8, 4) is 11.5 Å². The first-order chi connectivity index (χ1) is 16.2. The molecule has 33 heavy (non-hydrogen) atoms. The number of fused-ring (bicyclic) bond motifs is 2. The summed E-state index contributed by atoms with van der Waals surface area (Å²) >= 11 is 0. The van der Waals surface area contributed by atoms with Crippen molar-refractivity contribution < 1.29 is 18.7 Å². The standard InChI is InChI=1S/C27H33FN2O3/c1-32-24-9-5-8-22-25(24)33-15-12-27(22)18-29-17-23(27)26(31)30-14-11-20(16-21(30)10-13-28)19-6-3-2-4-7-19/h2-9,20-21,23,29H,10-18H2,1H3/t20?,21-,23+,27+/m1/s1. The van der Waals surface area contributed by atoms with Crippen molar-refractivity contribution in [3.63, 3.8) is 0 Å². The van der Waals surface area contributed by atoms with Crippen LogP contribution in [-0.2, 0) is 10.2 Å². The van der Waals surface area contributed by atoms with Gasteiger partial charge in [-0.3, -0.25) is 9.18 Å². The molecule has 4 atom stereocenters. The highest BCUT2D eigenvalue weighted by molar-refractivity contribution is 5.82. The van der Waals surface area contributed by atoms with Gasteiger partial charge in [0.1, 0.15) is 0 Å². The maximum absolute atomic E-state index is 14.1. The fourth-order valence-electron chi connectivity index (χ4n) is 6.28. The van der Waals surface area contributed by atoms with Crippen LogP contribution in [0.4, 0.5) is 4.39 Å². The van der Waals surface area contributed by atoms with Gasteiger partial charge >= 0.3 is 0 Å². The summed E-state index contributed by atoms with van der Waals surface area (Å²) in [5.41, 5.74) is 2.02. The molecule has 0 aromatic heterocycles. The Morgan fingerprint density at radius 2 is 2.09 bits per heavy atom. The number of rotatable bonds is 5. The zero-order chi connectivity index (χ0) is 22.8. The highest BCUT2D eigenvalue weighted by Crippen LogP contribution is 2.50. The number of halogens is 1. The lowest BCUT2D eigenvalue weighted by atomic mass is 9.68. The summed E-state index contributed by atoms with van der Waals surface area (Å²) in [5.74, 6) is 1.80. The summed E-state index contributed by atoms with van der Waals surface area (Å²) in [6, 6.07) is 16.3. The average molecular weight is 453 g/mol. The normalized spacial score (nSPS) is 28.9. The molecular formula is C27H33FN2O3. The molecule has 3 heterocycles. The van der Waals surface area contributed by atoms with E-state index >= 15 is 0 Å². The van der Waals surface area contributed by atoms with Gasteiger partial charge in [-0.05, 0) is 43.2 Å². The van der Waals surface area contributed by atoms with Gasteiger partial charge in [0.15, 0.2) is 11.5 Å². The van der Waals surface area contributed by atoms with Gasteiger partial charge < -0.3 is 19.7 Å². The lowest BCUT2D eigenvalue weighted by Crippen LogP contribution is -2.53. The molecule has 1 spiro atoms. The Hall–Kier alpha value is -2.60. The van der Waals surface area contributed by atoms with Gasteiger partial charge in [0.25, 0.3) is 0 Å². The predicted molar refractivity (Wildman–Crippen MR) is 126 cm³/mol. The SMILES string of the molecule is COc1cccc2c1OCC[C@]21CNC[C@H]1C(=O)N1CCC(c2ccccc2)C[C@H]1CCF. The number of para-hydroxylation sites is 1. The van der Waals surface area contributed by atoms with E-state index in [9.17, 15) is 9.18 Å². The Balaban J connectivity index is 1.42. The van der Waals surface area contributed by atoms with E-state index in [4.69, 9.17) is 9.47 Å². The third kappa shape index (κ3) is 3.88. The third-order valence-corrected chi connectivity index (χ3v) is 8.00. The van der Waals surface area contributed by atoms with Gasteiger partial charge in [-0.1, -0.05) is 42.5 Å². The Kier molecular flexibility index (Phi) is 6.28. The number of piperidine rings is 1. The average Bonchev–Trinajstić information content (AvgIpc) is 3.28. The lowest BCUT2D eigenvalue weighted by Gasteiger charge is -2.45. The number of carbonyl (C=O) groups is 1. The molecule has 1 N–H and O–H groups in total. The zero-order valence-corrected chi connectivity index (χ0v) is 19.3. The molecule has 0 aliphatic carbocycles. The Morgan fingerprint density at radius 3 is 2.88 bits per heavy atom. The molecule has 176 valence electrons. The van der Waals surface area contributed by atoms with Gasteiger partial charge in [0, 0.05) is 36.7 Å². The maximum atomic E-state index is 14.1. The lowest BCUT2D eigenvalue weighted by molar-refractivity contribution is -0.141. The molecule has 2 fully saturated rings. The van der Waals surface area contributed by atoms with Crippen molar-refractivity contribution in [3.05, 3.63) is 59.7 Å². The largest absolute Gasteiger partial charge is 0.493 e. The van der Waals surface area contributed by atoms with Crippen molar-refractivity contribution >= 4 is 5.91 Å². The van der Waals surface area contributed by atoms with Gasteiger partial charge in [-0.25, -0.2) is 0 Å². The second-order valence-electron chi connectivity index (χ2n) is 9.57. The number of benzene rings is 2. The summed E-state index contributed by atoms with van der Waals surface area (Å²) in [7, 11) is 1.65. The third-order valence-electron chi connectivity index (χ3n) is 8.00.